The van der Waals surface area contributed by atoms with Gasteiger partial charge in [0.05, 0.1) is 0 Å². The highest BCUT2D eigenvalue weighted by atomic mass is 16.3. The summed E-state index contributed by atoms with van der Waals surface area (Å²) in [7, 11) is 4.43. The van der Waals surface area contributed by atoms with Crippen LogP contribution >= 0.6 is 0 Å². The van der Waals surface area contributed by atoms with Crippen molar-refractivity contribution < 1.29 is 4.42 Å². The fraction of sp³-hybridized carbons (Fsp3) is 0.444. The molecule has 3 nitrogen and oxygen atoms in total. The van der Waals surface area contributed by atoms with Crippen LogP contribution in [-0.4, -0.2) is 43.0 Å². The Morgan fingerprint density at radius 1 is 1.29 bits per heavy atom. The van der Waals surface area contributed by atoms with E-state index < -0.39 is 0 Å². The first kappa shape index (κ1) is 14.4. The molecule has 21 heavy (non-hydrogen) atoms. The van der Waals surface area contributed by atoms with Crippen molar-refractivity contribution in [1.82, 2.24) is 9.80 Å². The molecule has 1 aliphatic heterocycles. The number of rotatable bonds is 4. The first-order chi connectivity index (χ1) is 10.1. The molecule has 0 spiro atoms. The van der Waals surface area contributed by atoms with E-state index in [0.717, 1.165) is 23.6 Å². The molecular formula is C18H24N2O. The molecule has 3 heteroatoms. The van der Waals surface area contributed by atoms with Gasteiger partial charge in [-0.2, -0.15) is 0 Å². The number of likely N-dealkylation sites (N-methyl/N-ethyl adjacent to an activating group) is 2. The van der Waals surface area contributed by atoms with Crippen molar-refractivity contribution in [3.05, 3.63) is 47.7 Å². The maximum absolute atomic E-state index is 5.72. The second-order valence-corrected chi connectivity index (χ2v) is 6.23. The molecule has 0 bridgehead atoms. The van der Waals surface area contributed by atoms with Crippen LogP contribution in [0.25, 0.3) is 11.3 Å². The maximum atomic E-state index is 5.72. The molecule has 1 saturated heterocycles. The average molecular weight is 284 g/mol. The van der Waals surface area contributed by atoms with Gasteiger partial charge in [-0.1, -0.05) is 18.2 Å². The summed E-state index contributed by atoms with van der Waals surface area (Å²) in [6.45, 7) is 5.36. The van der Waals surface area contributed by atoms with Gasteiger partial charge in [-0.25, -0.2) is 0 Å². The number of hydrogen-bond acceptors (Lipinski definition) is 3. The molecule has 1 aliphatic rings. The van der Waals surface area contributed by atoms with E-state index in [9.17, 15) is 0 Å². The van der Waals surface area contributed by atoms with Gasteiger partial charge in [-0.15, -0.1) is 0 Å². The summed E-state index contributed by atoms with van der Waals surface area (Å²) in [5, 5.41) is 0. The summed E-state index contributed by atoms with van der Waals surface area (Å²) in [5.74, 6) is 1.92. The molecular weight excluding hydrogens is 260 g/mol. The Bertz CT molecular complexity index is 605. The molecule has 2 aromatic rings. The number of aryl methyl sites for hydroxylation is 1. The third-order valence-electron chi connectivity index (χ3n) is 4.37. The summed E-state index contributed by atoms with van der Waals surface area (Å²) in [4.78, 5) is 4.87. The fourth-order valence-corrected chi connectivity index (χ4v) is 3.10. The van der Waals surface area contributed by atoms with Crippen molar-refractivity contribution in [3.63, 3.8) is 0 Å². The Morgan fingerprint density at radius 2 is 2.14 bits per heavy atom. The zero-order valence-electron chi connectivity index (χ0n) is 13.2. The van der Waals surface area contributed by atoms with Crippen LogP contribution in [0.5, 0.6) is 0 Å². The number of furan rings is 1. The van der Waals surface area contributed by atoms with E-state index in [1.54, 1.807) is 0 Å². The minimum atomic E-state index is 0.671. The Hall–Kier alpha value is -1.58. The van der Waals surface area contributed by atoms with Gasteiger partial charge in [0.2, 0.25) is 0 Å². The van der Waals surface area contributed by atoms with Gasteiger partial charge in [0, 0.05) is 24.7 Å². The van der Waals surface area contributed by atoms with E-state index in [1.807, 2.05) is 19.1 Å². The van der Waals surface area contributed by atoms with Crippen LogP contribution in [0.1, 0.15) is 17.7 Å². The highest BCUT2D eigenvalue weighted by Crippen LogP contribution is 2.24. The fourth-order valence-electron chi connectivity index (χ4n) is 3.10. The molecule has 0 saturated carbocycles. The minimum absolute atomic E-state index is 0.671. The lowest BCUT2D eigenvalue weighted by Gasteiger charge is -2.24. The standard InChI is InChI=1S/C18H24N2O/c1-14-7-8-18(21-14)16-6-4-5-15(11-16)12-20(3)17-9-10-19(2)13-17/h4-8,11,17H,9-10,12-13H2,1-3H3/t17-/m1/s1. The number of hydrogen-bond donors (Lipinski definition) is 0. The largest absolute Gasteiger partial charge is 0.461 e. The first-order valence-corrected chi connectivity index (χ1v) is 7.66. The third-order valence-corrected chi connectivity index (χ3v) is 4.37. The topological polar surface area (TPSA) is 19.6 Å². The Balaban J connectivity index is 1.71. The van der Waals surface area contributed by atoms with Crippen molar-refractivity contribution >= 4 is 0 Å². The first-order valence-electron chi connectivity index (χ1n) is 7.66. The van der Waals surface area contributed by atoms with E-state index >= 15 is 0 Å². The minimum Gasteiger partial charge on any atom is -0.461 e. The van der Waals surface area contributed by atoms with Gasteiger partial charge in [0.25, 0.3) is 0 Å². The molecule has 0 aliphatic carbocycles. The Labute approximate surface area is 127 Å². The lowest BCUT2D eigenvalue weighted by Crippen LogP contribution is -2.33. The monoisotopic (exact) mass is 284 g/mol. The van der Waals surface area contributed by atoms with Crippen LogP contribution < -0.4 is 0 Å². The van der Waals surface area contributed by atoms with Crippen LogP contribution in [0.4, 0.5) is 0 Å². The van der Waals surface area contributed by atoms with E-state index in [-0.39, 0.29) is 0 Å². The van der Waals surface area contributed by atoms with Gasteiger partial charge < -0.3 is 9.32 Å². The predicted molar refractivity (Wildman–Crippen MR) is 86.3 cm³/mol. The van der Waals surface area contributed by atoms with Crippen molar-refractivity contribution in [2.75, 3.05) is 27.2 Å². The summed E-state index contributed by atoms with van der Waals surface area (Å²) in [6.07, 6.45) is 1.27. The van der Waals surface area contributed by atoms with Crippen LogP contribution in [-0.2, 0) is 6.54 Å². The maximum Gasteiger partial charge on any atom is 0.134 e. The SMILES string of the molecule is Cc1ccc(-c2cccc(CN(C)[C@@H]3CCN(C)C3)c2)o1. The smallest absolute Gasteiger partial charge is 0.134 e. The summed E-state index contributed by atoms with van der Waals surface area (Å²) >= 11 is 0. The zero-order chi connectivity index (χ0) is 14.8. The molecule has 0 radical (unpaired) electrons. The predicted octanol–water partition coefficient (Wildman–Crippen LogP) is 3.39. The summed E-state index contributed by atoms with van der Waals surface area (Å²) < 4.78 is 5.72. The highest BCUT2D eigenvalue weighted by molar-refractivity contribution is 5.58. The summed E-state index contributed by atoms with van der Waals surface area (Å²) in [5.41, 5.74) is 2.51. The molecule has 1 fully saturated rings. The van der Waals surface area contributed by atoms with Gasteiger partial charge >= 0.3 is 0 Å². The van der Waals surface area contributed by atoms with E-state index in [2.05, 4.69) is 48.2 Å². The van der Waals surface area contributed by atoms with Gasteiger partial charge in [-0.3, -0.25) is 4.90 Å². The number of likely N-dealkylation sites (tertiary alicyclic amines) is 1. The molecule has 0 unspecified atom stereocenters. The van der Waals surface area contributed by atoms with Gasteiger partial charge in [0.1, 0.15) is 11.5 Å². The molecule has 1 atom stereocenters. The molecule has 2 heterocycles. The van der Waals surface area contributed by atoms with Crippen molar-refractivity contribution in [2.24, 2.45) is 0 Å². The van der Waals surface area contributed by atoms with Crippen molar-refractivity contribution in [2.45, 2.75) is 25.9 Å². The zero-order valence-corrected chi connectivity index (χ0v) is 13.2. The molecule has 112 valence electrons. The quantitative estimate of drug-likeness (QED) is 0.858. The van der Waals surface area contributed by atoms with Crippen LogP contribution in [0.2, 0.25) is 0 Å². The lowest BCUT2D eigenvalue weighted by molar-refractivity contribution is 0.234. The van der Waals surface area contributed by atoms with Crippen LogP contribution in [0.15, 0.2) is 40.8 Å². The molecule has 0 N–H and O–H groups in total. The van der Waals surface area contributed by atoms with Crippen LogP contribution in [0, 0.1) is 6.92 Å². The number of nitrogens with zero attached hydrogens (tertiary/aromatic N) is 2. The van der Waals surface area contributed by atoms with Gasteiger partial charge in [0.15, 0.2) is 0 Å². The van der Waals surface area contributed by atoms with E-state index in [0.29, 0.717) is 6.04 Å². The Kier molecular flexibility index (Phi) is 4.13. The number of benzene rings is 1. The highest BCUT2D eigenvalue weighted by Gasteiger charge is 2.23. The Morgan fingerprint density at radius 3 is 2.81 bits per heavy atom. The van der Waals surface area contributed by atoms with Gasteiger partial charge in [-0.05, 0) is 57.7 Å². The van der Waals surface area contributed by atoms with Crippen molar-refractivity contribution in [1.29, 1.82) is 0 Å². The second-order valence-electron chi connectivity index (χ2n) is 6.23. The van der Waals surface area contributed by atoms with Crippen molar-refractivity contribution in [3.8, 4) is 11.3 Å². The van der Waals surface area contributed by atoms with E-state index in [1.165, 1.54) is 25.1 Å². The molecule has 1 aromatic heterocycles. The third kappa shape index (κ3) is 3.36. The summed E-state index contributed by atoms with van der Waals surface area (Å²) in [6, 6.07) is 13.4. The normalized spacial score (nSPS) is 19.5. The molecule has 0 amide bonds. The van der Waals surface area contributed by atoms with E-state index in [4.69, 9.17) is 4.42 Å². The average Bonchev–Trinajstić information content (AvgIpc) is 3.08. The van der Waals surface area contributed by atoms with Crippen LogP contribution in [0.3, 0.4) is 0 Å². The lowest BCUT2D eigenvalue weighted by atomic mass is 10.1. The second kappa shape index (κ2) is 6.04. The molecule has 1 aromatic carbocycles. The molecule has 3 rings (SSSR count).